The lowest BCUT2D eigenvalue weighted by Crippen LogP contribution is -2.08. The molecule has 0 atom stereocenters. The van der Waals surface area contributed by atoms with Gasteiger partial charge in [0.25, 0.3) is 0 Å². The van der Waals surface area contributed by atoms with Gasteiger partial charge in [0.2, 0.25) is 0 Å². The highest BCUT2D eigenvalue weighted by Gasteiger charge is 2.09. The van der Waals surface area contributed by atoms with E-state index in [4.69, 9.17) is 11.6 Å². The van der Waals surface area contributed by atoms with Gasteiger partial charge in [0.1, 0.15) is 5.69 Å². The molecule has 0 unspecified atom stereocenters. The Hall–Kier alpha value is -2.46. The number of hydrazone groups is 1. The first-order valence-corrected chi connectivity index (χ1v) is 7.51. The van der Waals surface area contributed by atoms with E-state index in [1.165, 1.54) is 0 Å². The summed E-state index contributed by atoms with van der Waals surface area (Å²) in [6.45, 7) is 5.40. The number of carbonyl (C=O) groups excluding carboxylic acids is 1. The first-order chi connectivity index (χ1) is 11.0. The molecule has 0 aliphatic heterocycles. The number of carbonyl (C=O) groups is 1. The maximum atomic E-state index is 10.9. The Kier molecular flexibility index (Phi) is 5.66. The van der Waals surface area contributed by atoms with E-state index in [0.29, 0.717) is 22.8 Å². The normalized spacial score (nSPS) is 10.7. The van der Waals surface area contributed by atoms with Gasteiger partial charge in [0.05, 0.1) is 16.4 Å². The lowest BCUT2D eigenvalue weighted by Gasteiger charge is -2.13. The molecule has 0 aliphatic carbocycles. The fraction of sp³-hybridized carbons (Fsp3) is 0.167. The standard InChI is InChI=1S/C18H18ClN3O/c1-4-9-20-22(3)17-7-5-14(6-8-17)10-15-11-16(12-23)21-13(2)18(15)19/h4-9,11-12H,1,10H2,2-3H3/b20-9-. The molecular formula is C18H18ClN3O. The minimum Gasteiger partial charge on any atom is -0.296 e. The zero-order valence-corrected chi connectivity index (χ0v) is 13.9. The SMILES string of the molecule is C=C/C=N\N(C)c1ccc(Cc2cc(C=O)nc(C)c2Cl)cc1. The van der Waals surface area contributed by atoms with Crippen LogP contribution in [0.2, 0.25) is 5.02 Å². The van der Waals surface area contributed by atoms with Crippen LogP contribution in [-0.2, 0) is 6.42 Å². The van der Waals surface area contributed by atoms with E-state index in [9.17, 15) is 4.79 Å². The summed E-state index contributed by atoms with van der Waals surface area (Å²) in [5, 5.41) is 6.56. The van der Waals surface area contributed by atoms with Gasteiger partial charge in [0.15, 0.2) is 6.29 Å². The molecule has 0 amide bonds. The Morgan fingerprint density at radius 1 is 1.35 bits per heavy atom. The molecule has 0 aliphatic rings. The summed E-state index contributed by atoms with van der Waals surface area (Å²) in [6.07, 6.45) is 4.64. The Morgan fingerprint density at radius 3 is 2.65 bits per heavy atom. The third-order valence-electron chi connectivity index (χ3n) is 3.39. The number of allylic oxidation sites excluding steroid dienone is 1. The van der Waals surface area contributed by atoms with Crippen LogP contribution in [0.15, 0.2) is 48.1 Å². The number of pyridine rings is 1. The molecule has 0 radical (unpaired) electrons. The van der Waals surface area contributed by atoms with Crippen molar-refractivity contribution in [1.29, 1.82) is 0 Å². The summed E-state index contributed by atoms with van der Waals surface area (Å²) >= 11 is 6.30. The van der Waals surface area contributed by atoms with Crippen molar-refractivity contribution in [3.8, 4) is 0 Å². The van der Waals surface area contributed by atoms with Crippen LogP contribution in [-0.4, -0.2) is 24.5 Å². The number of nitrogens with zero attached hydrogens (tertiary/aromatic N) is 3. The predicted molar refractivity (Wildman–Crippen MR) is 95.7 cm³/mol. The second-order valence-electron chi connectivity index (χ2n) is 5.09. The molecule has 1 aromatic heterocycles. The first-order valence-electron chi connectivity index (χ1n) is 7.14. The fourth-order valence-electron chi connectivity index (χ4n) is 2.20. The van der Waals surface area contributed by atoms with Crippen molar-refractivity contribution < 1.29 is 4.79 Å². The van der Waals surface area contributed by atoms with Crippen LogP contribution in [0.5, 0.6) is 0 Å². The molecule has 118 valence electrons. The van der Waals surface area contributed by atoms with Gasteiger partial charge in [-0.1, -0.05) is 30.3 Å². The molecule has 5 heteroatoms. The van der Waals surface area contributed by atoms with Crippen LogP contribution in [0.4, 0.5) is 5.69 Å². The van der Waals surface area contributed by atoms with Crippen LogP contribution in [0.3, 0.4) is 0 Å². The third kappa shape index (κ3) is 4.27. The number of aromatic nitrogens is 1. The average Bonchev–Trinajstić information content (AvgIpc) is 2.57. The lowest BCUT2D eigenvalue weighted by molar-refractivity contribution is 0.111. The van der Waals surface area contributed by atoms with Crippen molar-refractivity contribution in [2.24, 2.45) is 5.10 Å². The number of rotatable bonds is 6. The van der Waals surface area contributed by atoms with Gasteiger partial charge in [-0.05, 0) is 48.7 Å². The van der Waals surface area contributed by atoms with Crippen molar-refractivity contribution in [1.82, 2.24) is 4.98 Å². The van der Waals surface area contributed by atoms with E-state index < -0.39 is 0 Å². The van der Waals surface area contributed by atoms with Gasteiger partial charge in [-0.2, -0.15) is 5.10 Å². The predicted octanol–water partition coefficient (Wildman–Crippen LogP) is 4.05. The van der Waals surface area contributed by atoms with Crippen LogP contribution >= 0.6 is 11.6 Å². The summed E-state index contributed by atoms with van der Waals surface area (Å²) in [5.41, 5.74) is 4.03. The maximum Gasteiger partial charge on any atom is 0.168 e. The van der Waals surface area contributed by atoms with E-state index in [-0.39, 0.29) is 0 Å². The van der Waals surface area contributed by atoms with Gasteiger partial charge >= 0.3 is 0 Å². The topological polar surface area (TPSA) is 45.6 Å². The zero-order valence-electron chi connectivity index (χ0n) is 13.2. The minimum atomic E-state index is 0.400. The molecule has 0 spiro atoms. The van der Waals surface area contributed by atoms with Gasteiger partial charge in [0, 0.05) is 13.3 Å². The smallest absolute Gasteiger partial charge is 0.168 e. The van der Waals surface area contributed by atoms with Crippen molar-refractivity contribution in [3.63, 3.8) is 0 Å². The van der Waals surface area contributed by atoms with Crippen molar-refractivity contribution >= 4 is 29.8 Å². The molecule has 0 bridgehead atoms. The number of anilines is 1. The molecule has 2 rings (SSSR count). The summed E-state index contributed by atoms with van der Waals surface area (Å²) in [7, 11) is 1.87. The summed E-state index contributed by atoms with van der Waals surface area (Å²) < 4.78 is 0. The monoisotopic (exact) mass is 327 g/mol. The number of halogens is 1. The molecule has 1 aromatic carbocycles. The molecule has 23 heavy (non-hydrogen) atoms. The highest BCUT2D eigenvalue weighted by molar-refractivity contribution is 6.32. The van der Waals surface area contributed by atoms with Crippen LogP contribution in [0.25, 0.3) is 0 Å². The highest BCUT2D eigenvalue weighted by atomic mass is 35.5. The van der Waals surface area contributed by atoms with Gasteiger partial charge < -0.3 is 0 Å². The van der Waals surface area contributed by atoms with E-state index >= 15 is 0 Å². The molecule has 2 aromatic rings. The Balaban J connectivity index is 2.21. The highest BCUT2D eigenvalue weighted by Crippen LogP contribution is 2.24. The summed E-state index contributed by atoms with van der Waals surface area (Å²) in [4.78, 5) is 15.1. The van der Waals surface area contributed by atoms with Crippen LogP contribution in [0.1, 0.15) is 27.3 Å². The van der Waals surface area contributed by atoms with Crippen molar-refractivity contribution in [3.05, 3.63) is 70.5 Å². The van der Waals surface area contributed by atoms with Gasteiger partial charge in [-0.15, -0.1) is 0 Å². The molecule has 4 nitrogen and oxygen atoms in total. The minimum absolute atomic E-state index is 0.400. The second kappa shape index (κ2) is 7.70. The molecular weight excluding hydrogens is 310 g/mol. The number of aryl methyl sites for hydroxylation is 1. The summed E-state index contributed by atoms with van der Waals surface area (Å²) in [5.74, 6) is 0. The molecule has 0 saturated heterocycles. The number of hydrogen-bond donors (Lipinski definition) is 0. The number of benzene rings is 1. The Labute approximate surface area is 141 Å². The molecule has 1 heterocycles. The largest absolute Gasteiger partial charge is 0.296 e. The van der Waals surface area contributed by atoms with Crippen molar-refractivity contribution in [2.75, 3.05) is 12.1 Å². The Bertz CT molecular complexity index is 739. The quantitative estimate of drug-likeness (QED) is 0.456. The second-order valence-corrected chi connectivity index (χ2v) is 5.47. The lowest BCUT2D eigenvalue weighted by atomic mass is 10.0. The maximum absolute atomic E-state index is 10.9. The van der Waals surface area contributed by atoms with Crippen LogP contribution in [0, 0.1) is 6.92 Å². The first kappa shape index (κ1) is 16.9. The molecule has 0 N–H and O–H groups in total. The third-order valence-corrected chi connectivity index (χ3v) is 3.91. The van der Waals surface area contributed by atoms with Gasteiger partial charge in [-0.3, -0.25) is 9.80 Å². The van der Waals surface area contributed by atoms with Crippen molar-refractivity contribution in [2.45, 2.75) is 13.3 Å². The fourth-order valence-corrected chi connectivity index (χ4v) is 2.37. The van der Waals surface area contributed by atoms with E-state index in [1.54, 1.807) is 30.3 Å². The molecule has 0 fully saturated rings. The number of aldehydes is 1. The number of hydrogen-bond acceptors (Lipinski definition) is 4. The summed E-state index contributed by atoms with van der Waals surface area (Å²) in [6, 6.07) is 9.73. The Morgan fingerprint density at radius 2 is 2.04 bits per heavy atom. The van der Waals surface area contributed by atoms with E-state index in [0.717, 1.165) is 23.1 Å². The van der Waals surface area contributed by atoms with E-state index in [1.807, 2.05) is 31.3 Å². The van der Waals surface area contributed by atoms with E-state index in [2.05, 4.69) is 16.7 Å². The average molecular weight is 328 g/mol. The molecule has 0 saturated carbocycles. The zero-order chi connectivity index (χ0) is 16.8. The van der Waals surface area contributed by atoms with Crippen LogP contribution < -0.4 is 5.01 Å². The van der Waals surface area contributed by atoms with Gasteiger partial charge in [-0.25, -0.2) is 4.98 Å².